The molecule has 0 radical (unpaired) electrons. The molecule has 0 fully saturated rings. The van der Waals surface area contributed by atoms with Gasteiger partial charge in [-0.25, -0.2) is 9.59 Å². The standard InChI is InChI=1S/C21H20N2O5/c1-12-3-5-14(6-4-12)10-26-20(24)18-13(2)22-21(25)23-19(18)15-7-8-16-17(9-15)28-11-27-16/h3-9,19H,10-11H2,1-2H3,(H2,22,23,25). The number of carbonyl (C=O) groups excluding carboxylic acids is 2. The lowest BCUT2D eigenvalue weighted by atomic mass is 9.95. The van der Waals surface area contributed by atoms with Gasteiger partial charge in [-0.05, 0) is 37.1 Å². The van der Waals surface area contributed by atoms with Gasteiger partial charge in [0.25, 0.3) is 0 Å². The number of ether oxygens (including phenoxy) is 3. The Hall–Kier alpha value is -3.48. The van der Waals surface area contributed by atoms with Crippen molar-refractivity contribution < 1.29 is 23.8 Å². The van der Waals surface area contributed by atoms with Crippen LogP contribution < -0.4 is 20.1 Å². The average Bonchev–Trinajstić information content (AvgIpc) is 3.14. The number of aryl methyl sites for hydroxylation is 1. The molecule has 1 atom stereocenters. The molecule has 2 aromatic carbocycles. The van der Waals surface area contributed by atoms with Crippen LogP contribution in [0.3, 0.4) is 0 Å². The van der Waals surface area contributed by atoms with Crippen LogP contribution in [0.15, 0.2) is 53.7 Å². The second-order valence-corrected chi connectivity index (χ2v) is 6.74. The van der Waals surface area contributed by atoms with Gasteiger partial charge in [0.1, 0.15) is 6.61 Å². The summed E-state index contributed by atoms with van der Waals surface area (Å²) in [7, 11) is 0. The van der Waals surface area contributed by atoms with Crippen LogP contribution in [0.1, 0.15) is 29.7 Å². The van der Waals surface area contributed by atoms with Crippen LogP contribution in [-0.4, -0.2) is 18.8 Å². The first-order valence-corrected chi connectivity index (χ1v) is 8.92. The van der Waals surface area contributed by atoms with Crippen molar-refractivity contribution in [3.8, 4) is 11.5 Å². The Balaban J connectivity index is 1.58. The maximum atomic E-state index is 12.8. The highest BCUT2D eigenvalue weighted by atomic mass is 16.7. The van der Waals surface area contributed by atoms with E-state index in [0.717, 1.165) is 11.1 Å². The number of allylic oxidation sites excluding steroid dienone is 1. The summed E-state index contributed by atoms with van der Waals surface area (Å²) < 4.78 is 16.3. The largest absolute Gasteiger partial charge is 0.457 e. The van der Waals surface area contributed by atoms with Crippen LogP contribution in [-0.2, 0) is 16.1 Å². The summed E-state index contributed by atoms with van der Waals surface area (Å²) in [6.07, 6.45) is 0. The number of rotatable bonds is 4. The Kier molecular flexibility index (Phi) is 4.65. The van der Waals surface area contributed by atoms with Gasteiger partial charge in [0.2, 0.25) is 6.79 Å². The summed E-state index contributed by atoms with van der Waals surface area (Å²) in [5.41, 5.74) is 3.55. The number of nitrogens with one attached hydrogen (secondary N) is 2. The molecule has 144 valence electrons. The van der Waals surface area contributed by atoms with Gasteiger partial charge in [-0.15, -0.1) is 0 Å². The summed E-state index contributed by atoms with van der Waals surface area (Å²) in [5, 5.41) is 5.43. The molecule has 28 heavy (non-hydrogen) atoms. The van der Waals surface area contributed by atoms with Gasteiger partial charge in [0.15, 0.2) is 11.5 Å². The zero-order valence-electron chi connectivity index (χ0n) is 15.6. The number of hydrogen-bond donors (Lipinski definition) is 2. The number of esters is 1. The lowest BCUT2D eigenvalue weighted by Crippen LogP contribution is -2.45. The lowest BCUT2D eigenvalue weighted by Gasteiger charge is -2.28. The predicted molar refractivity (Wildman–Crippen MR) is 101 cm³/mol. The molecule has 0 aromatic heterocycles. The number of benzene rings is 2. The van der Waals surface area contributed by atoms with Crippen molar-refractivity contribution in [1.29, 1.82) is 0 Å². The fourth-order valence-corrected chi connectivity index (χ4v) is 3.22. The van der Waals surface area contributed by atoms with Gasteiger partial charge in [-0.1, -0.05) is 35.9 Å². The van der Waals surface area contributed by atoms with E-state index in [9.17, 15) is 9.59 Å². The number of urea groups is 1. The van der Waals surface area contributed by atoms with E-state index in [1.807, 2.05) is 31.2 Å². The summed E-state index contributed by atoms with van der Waals surface area (Å²) >= 11 is 0. The summed E-state index contributed by atoms with van der Waals surface area (Å²) in [6.45, 7) is 3.98. The quantitative estimate of drug-likeness (QED) is 0.796. The average molecular weight is 380 g/mol. The highest BCUT2D eigenvalue weighted by molar-refractivity contribution is 5.95. The van der Waals surface area contributed by atoms with Gasteiger partial charge >= 0.3 is 12.0 Å². The summed E-state index contributed by atoms with van der Waals surface area (Å²) in [6, 6.07) is 12.1. The van der Waals surface area contributed by atoms with Crippen molar-refractivity contribution >= 4 is 12.0 Å². The normalized spacial score (nSPS) is 17.8. The molecule has 1 unspecified atom stereocenters. The Morgan fingerprint density at radius 3 is 2.64 bits per heavy atom. The van der Waals surface area contributed by atoms with Gasteiger partial charge in [-0.2, -0.15) is 0 Å². The highest BCUT2D eigenvalue weighted by Gasteiger charge is 2.33. The molecule has 0 bridgehead atoms. The summed E-state index contributed by atoms with van der Waals surface area (Å²) in [5.74, 6) is 0.719. The Bertz CT molecular complexity index is 965. The van der Waals surface area contributed by atoms with E-state index in [1.54, 1.807) is 25.1 Å². The van der Waals surface area contributed by atoms with Gasteiger partial charge < -0.3 is 24.8 Å². The molecule has 2 heterocycles. The van der Waals surface area contributed by atoms with Crippen LogP contribution in [0.2, 0.25) is 0 Å². The van der Waals surface area contributed by atoms with Gasteiger partial charge in [0, 0.05) is 5.70 Å². The van der Waals surface area contributed by atoms with Crippen LogP contribution in [0.25, 0.3) is 0 Å². The number of amides is 2. The van der Waals surface area contributed by atoms with E-state index in [-0.39, 0.29) is 19.4 Å². The molecular formula is C21H20N2O5. The lowest BCUT2D eigenvalue weighted by molar-refractivity contribution is -0.140. The second kappa shape index (κ2) is 7.26. The minimum absolute atomic E-state index is 0.150. The van der Waals surface area contributed by atoms with Crippen LogP contribution in [0, 0.1) is 6.92 Å². The van der Waals surface area contributed by atoms with Crippen molar-refractivity contribution in [1.82, 2.24) is 10.6 Å². The molecule has 2 amide bonds. The number of hydrogen-bond acceptors (Lipinski definition) is 5. The fourth-order valence-electron chi connectivity index (χ4n) is 3.22. The van der Waals surface area contributed by atoms with Crippen LogP contribution in [0.4, 0.5) is 4.79 Å². The molecule has 0 aliphatic carbocycles. The van der Waals surface area contributed by atoms with Crippen molar-refractivity contribution in [2.45, 2.75) is 26.5 Å². The maximum absolute atomic E-state index is 12.8. The van der Waals surface area contributed by atoms with Crippen LogP contribution >= 0.6 is 0 Å². The Morgan fingerprint density at radius 1 is 1.11 bits per heavy atom. The molecule has 0 saturated carbocycles. The van der Waals surface area contributed by atoms with Crippen molar-refractivity contribution in [3.05, 3.63) is 70.4 Å². The Morgan fingerprint density at radius 2 is 1.86 bits per heavy atom. The second-order valence-electron chi connectivity index (χ2n) is 6.74. The molecule has 2 aliphatic rings. The van der Waals surface area contributed by atoms with E-state index < -0.39 is 12.0 Å². The first-order chi connectivity index (χ1) is 13.5. The SMILES string of the molecule is CC1=C(C(=O)OCc2ccc(C)cc2)C(c2ccc3c(c2)OCO3)NC(=O)N1. The minimum Gasteiger partial charge on any atom is -0.457 e. The molecule has 0 spiro atoms. The van der Waals surface area contributed by atoms with Gasteiger partial charge in [-0.3, -0.25) is 0 Å². The van der Waals surface area contributed by atoms with Crippen molar-refractivity contribution in [2.75, 3.05) is 6.79 Å². The zero-order valence-corrected chi connectivity index (χ0v) is 15.6. The first-order valence-electron chi connectivity index (χ1n) is 8.92. The molecule has 0 saturated heterocycles. The van der Waals surface area contributed by atoms with Crippen molar-refractivity contribution in [2.24, 2.45) is 0 Å². The third-order valence-corrected chi connectivity index (χ3v) is 4.71. The molecule has 7 heteroatoms. The van der Waals surface area contributed by atoms with E-state index in [2.05, 4.69) is 10.6 Å². The first kappa shape index (κ1) is 17.9. The fraction of sp³-hybridized carbons (Fsp3) is 0.238. The van der Waals surface area contributed by atoms with E-state index in [4.69, 9.17) is 14.2 Å². The molecule has 7 nitrogen and oxygen atoms in total. The van der Waals surface area contributed by atoms with E-state index in [1.165, 1.54) is 0 Å². The highest BCUT2D eigenvalue weighted by Crippen LogP contribution is 2.37. The molecule has 4 rings (SSSR count). The summed E-state index contributed by atoms with van der Waals surface area (Å²) in [4.78, 5) is 24.9. The molecular weight excluding hydrogens is 360 g/mol. The topological polar surface area (TPSA) is 85.9 Å². The maximum Gasteiger partial charge on any atom is 0.338 e. The van der Waals surface area contributed by atoms with Gasteiger partial charge in [0.05, 0.1) is 11.6 Å². The third kappa shape index (κ3) is 3.51. The zero-order chi connectivity index (χ0) is 19.7. The smallest absolute Gasteiger partial charge is 0.338 e. The van der Waals surface area contributed by atoms with Crippen molar-refractivity contribution in [3.63, 3.8) is 0 Å². The number of fused-ring (bicyclic) bond motifs is 1. The third-order valence-electron chi connectivity index (χ3n) is 4.71. The molecule has 2 aliphatic heterocycles. The molecule has 2 N–H and O–H groups in total. The monoisotopic (exact) mass is 380 g/mol. The van der Waals surface area contributed by atoms with Crippen LogP contribution in [0.5, 0.6) is 11.5 Å². The van der Waals surface area contributed by atoms with E-state index in [0.29, 0.717) is 28.3 Å². The predicted octanol–water partition coefficient (Wildman–Crippen LogP) is 3.10. The molecule has 2 aromatic rings. The number of carbonyl (C=O) groups is 2. The minimum atomic E-state index is -0.645. The Labute approximate surface area is 162 Å². The van der Waals surface area contributed by atoms with E-state index >= 15 is 0 Å².